The normalized spacial score (nSPS) is 16.2. The molecule has 0 saturated carbocycles. The fourth-order valence-electron chi connectivity index (χ4n) is 3.24. The molecular weight excluding hydrogens is 392 g/mol. The van der Waals surface area contributed by atoms with Gasteiger partial charge in [0, 0.05) is 18.9 Å². The SMILES string of the molecule is C[NH+]1CCN(C(=O)C(=O)NC[C@H](c2cccnc2)S(=O)(=O)c2ccccc2)CC1. The number of benzene rings is 1. The van der Waals surface area contributed by atoms with Gasteiger partial charge in [-0.2, -0.15) is 0 Å². The molecule has 1 aromatic heterocycles. The van der Waals surface area contributed by atoms with Crippen LogP contribution >= 0.6 is 0 Å². The van der Waals surface area contributed by atoms with E-state index >= 15 is 0 Å². The zero-order chi connectivity index (χ0) is 20.9. The third-order valence-electron chi connectivity index (χ3n) is 5.05. The van der Waals surface area contributed by atoms with E-state index in [0.717, 1.165) is 13.1 Å². The first-order valence-corrected chi connectivity index (χ1v) is 11.0. The van der Waals surface area contributed by atoms with Gasteiger partial charge in [0.1, 0.15) is 5.25 Å². The number of pyridine rings is 1. The van der Waals surface area contributed by atoms with Crippen molar-refractivity contribution in [2.75, 3.05) is 39.8 Å². The molecule has 3 rings (SSSR count). The quantitative estimate of drug-likeness (QED) is 0.612. The molecule has 1 saturated heterocycles. The molecule has 0 aliphatic carbocycles. The molecule has 0 spiro atoms. The van der Waals surface area contributed by atoms with Crippen molar-refractivity contribution in [3.05, 3.63) is 60.4 Å². The number of nitrogens with one attached hydrogen (secondary N) is 2. The second-order valence-corrected chi connectivity index (χ2v) is 9.22. The Balaban J connectivity index is 1.76. The van der Waals surface area contributed by atoms with Crippen molar-refractivity contribution in [1.29, 1.82) is 0 Å². The van der Waals surface area contributed by atoms with E-state index in [0.29, 0.717) is 18.7 Å². The van der Waals surface area contributed by atoms with Crippen LogP contribution in [0, 0.1) is 0 Å². The molecular formula is C20H25N4O4S+. The Bertz CT molecular complexity index is 943. The van der Waals surface area contributed by atoms with E-state index in [9.17, 15) is 18.0 Å². The van der Waals surface area contributed by atoms with Crippen molar-refractivity contribution in [3.8, 4) is 0 Å². The third-order valence-corrected chi connectivity index (χ3v) is 7.17. The van der Waals surface area contributed by atoms with Crippen LogP contribution < -0.4 is 10.2 Å². The lowest BCUT2D eigenvalue weighted by atomic mass is 10.2. The Labute approximate surface area is 170 Å². The number of piperazine rings is 1. The molecule has 8 nitrogen and oxygen atoms in total. The number of carbonyl (C=O) groups excluding carboxylic acids is 2. The number of carbonyl (C=O) groups is 2. The minimum absolute atomic E-state index is 0.150. The maximum atomic E-state index is 13.2. The van der Waals surface area contributed by atoms with E-state index in [4.69, 9.17) is 0 Å². The molecule has 1 atom stereocenters. The highest BCUT2D eigenvalue weighted by Crippen LogP contribution is 2.27. The van der Waals surface area contributed by atoms with Crippen LogP contribution in [0.5, 0.6) is 0 Å². The molecule has 2 amide bonds. The third kappa shape index (κ3) is 4.99. The summed E-state index contributed by atoms with van der Waals surface area (Å²) in [6.45, 7) is 2.35. The summed E-state index contributed by atoms with van der Waals surface area (Å²) in [7, 11) is -1.75. The Morgan fingerprint density at radius 3 is 2.45 bits per heavy atom. The van der Waals surface area contributed by atoms with Crippen LogP contribution in [-0.2, 0) is 19.4 Å². The first-order valence-electron chi connectivity index (χ1n) is 9.47. The Morgan fingerprint density at radius 2 is 1.83 bits per heavy atom. The molecule has 0 bridgehead atoms. The highest BCUT2D eigenvalue weighted by atomic mass is 32.2. The van der Waals surface area contributed by atoms with Gasteiger partial charge < -0.3 is 15.1 Å². The topological polar surface area (TPSA) is 101 Å². The highest BCUT2D eigenvalue weighted by Gasteiger charge is 2.32. The van der Waals surface area contributed by atoms with E-state index in [2.05, 4.69) is 10.3 Å². The zero-order valence-electron chi connectivity index (χ0n) is 16.2. The molecule has 2 aromatic rings. The number of aromatic nitrogens is 1. The average Bonchev–Trinajstić information content (AvgIpc) is 2.75. The number of hydrogen-bond donors (Lipinski definition) is 2. The Morgan fingerprint density at radius 1 is 1.14 bits per heavy atom. The fourth-order valence-corrected chi connectivity index (χ4v) is 4.91. The van der Waals surface area contributed by atoms with Crippen molar-refractivity contribution < 1.29 is 22.9 Å². The van der Waals surface area contributed by atoms with Gasteiger partial charge >= 0.3 is 11.8 Å². The monoisotopic (exact) mass is 417 g/mol. The van der Waals surface area contributed by atoms with Gasteiger partial charge in [0.2, 0.25) is 0 Å². The van der Waals surface area contributed by atoms with Crippen LogP contribution in [-0.4, -0.2) is 69.9 Å². The molecule has 1 aliphatic heterocycles. The summed E-state index contributed by atoms with van der Waals surface area (Å²) < 4.78 is 26.4. The predicted octanol–water partition coefficient (Wildman–Crippen LogP) is -0.930. The van der Waals surface area contributed by atoms with Gasteiger partial charge in [-0.1, -0.05) is 24.3 Å². The van der Waals surface area contributed by atoms with Crippen molar-refractivity contribution in [2.24, 2.45) is 0 Å². The smallest absolute Gasteiger partial charge is 0.312 e. The number of amides is 2. The minimum Gasteiger partial charge on any atom is -0.346 e. The number of nitrogens with zero attached hydrogens (tertiary/aromatic N) is 2. The molecule has 9 heteroatoms. The molecule has 1 aliphatic rings. The summed E-state index contributed by atoms with van der Waals surface area (Å²) >= 11 is 0. The van der Waals surface area contributed by atoms with E-state index in [1.54, 1.807) is 36.5 Å². The summed E-state index contributed by atoms with van der Waals surface area (Å²) in [6, 6.07) is 11.3. The molecule has 1 aromatic carbocycles. The molecule has 29 heavy (non-hydrogen) atoms. The largest absolute Gasteiger partial charge is 0.346 e. The summed E-state index contributed by atoms with van der Waals surface area (Å²) in [5, 5.41) is 1.47. The van der Waals surface area contributed by atoms with Crippen LogP contribution in [0.2, 0.25) is 0 Å². The number of quaternary nitrogens is 1. The maximum absolute atomic E-state index is 13.2. The van der Waals surface area contributed by atoms with Crippen LogP contribution in [0.4, 0.5) is 0 Å². The van der Waals surface area contributed by atoms with E-state index in [1.807, 2.05) is 7.05 Å². The lowest BCUT2D eigenvalue weighted by Crippen LogP contribution is -3.12. The van der Waals surface area contributed by atoms with Crippen molar-refractivity contribution in [1.82, 2.24) is 15.2 Å². The van der Waals surface area contributed by atoms with Gasteiger partial charge in [-0.3, -0.25) is 14.6 Å². The second-order valence-electron chi connectivity index (χ2n) is 7.09. The predicted molar refractivity (Wildman–Crippen MR) is 107 cm³/mol. The first kappa shape index (κ1) is 20.9. The summed E-state index contributed by atoms with van der Waals surface area (Å²) in [5.74, 6) is -1.42. The van der Waals surface area contributed by atoms with Crippen LogP contribution in [0.25, 0.3) is 0 Å². The van der Waals surface area contributed by atoms with Gasteiger partial charge in [0.25, 0.3) is 0 Å². The Hall–Kier alpha value is -2.78. The molecule has 0 unspecified atom stereocenters. The first-order chi connectivity index (χ1) is 13.9. The zero-order valence-corrected chi connectivity index (χ0v) is 17.1. The standard InChI is InChI=1S/C20H24N4O4S/c1-23-10-12-24(13-11-23)20(26)19(25)22-15-18(16-6-5-9-21-14-16)29(27,28)17-7-3-2-4-8-17/h2-9,14,18H,10-13,15H2,1H3,(H,22,25)/p+1/t18-/m1/s1. The molecule has 154 valence electrons. The van der Waals surface area contributed by atoms with Gasteiger partial charge in [-0.25, -0.2) is 8.42 Å². The van der Waals surface area contributed by atoms with Crippen molar-refractivity contribution in [3.63, 3.8) is 0 Å². The summed E-state index contributed by atoms with van der Waals surface area (Å²) in [6.07, 6.45) is 3.01. The molecule has 2 heterocycles. The van der Waals surface area contributed by atoms with E-state index in [-0.39, 0.29) is 11.4 Å². The van der Waals surface area contributed by atoms with Crippen LogP contribution in [0.15, 0.2) is 59.8 Å². The van der Waals surface area contributed by atoms with Crippen molar-refractivity contribution in [2.45, 2.75) is 10.1 Å². The lowest BCUT2D eigenvalue weighted by Gasteiger charge is -2.29. The molecule has 0 radical (unpaired) electrons. The summed E-state index contributed by atoms with van der Waals surface area (Å²) in [5.41, 5.74) is 0.451. The number of sulfone groups is 1. The highest BCUT2D eigenvalue weighted by molar-refractivity contribution is 7.91. The average molecular weight is 418 g/mol. The van der Waals surface area contributed by atoms with E-state index < -0.39 is 26.9 Å². The van der Waals surface area contributed by atoms with Crippen LogP contribution in [0.1, 0.15) is 10.8 Å². The second kappa shape index (κ2) is 9.15. The fraction of sp³-hybridized carbons (Fsp3) is 0.350. The van der Waals surface area contributed by atoms with Crippen LogP contribution in [0.3, 0.4) is 0 Å². The molecule has 1 fully saturated rings. The van der Waals surface area contributed by atoms with Crippen molar-refractivity contribution >= 4 is 21.7 Å². The summed E-state index contributed by atoms with van der Waals surface area (Å²) in [4.78, 5) is 31.8. The minimum atomic E-state index is -3.79. The number of rotatable bonds is 5. The Kier molecular flexibility index (Phi) is 6.60. The van der Waals surface area contributed by atoms with Gasteiger partial charge in [-0.05, 0) is 23.8 Å². The lowest BCUT2D eigenvalue weighted by molar-refractivity contribution is -0.883. The van der Waals surface area contributed by atoms with Gasteiger partial charge in [-0.15, -0.1) is 0 Å². The maximum Gasteiger partial charge on any atom is 0.312 e. The number of likely N-dealkylation sites (N-methyl/N-ethyl adjacent to an activating group) is 1. The number of hydrogen-bond acceptors (Lipinski definition) is 5. The van der Waals surface area contributed by atoms with Gasteiger partial charge in [0.15, 0.2) is 9.84 Å². The van der Waals surface area contributed by atoms with E-state index in [1.165, 1.54) is 28.1 Å². The van der Waals surface area contributed by atoms with Gasteiger partial charge in [0.05, 0.1) is 38.1 Å². The molecule has 2 N–H and O–H groups in total.